The minimum Gasteiger partial charge on any atom is -0.362 e. The van der Waals surface area contributed by atoms with Gasteiger partial charge in [-0.05, 0) is 49.8 Å². The molecule has 178 valence electrons. The number of anilines is 2. The molecule has 0 unspecified atom stereocenters. The van der Waals surface area contributed by atoms with Gasteiger partial charge in [-0.15, -0.1) is 0 Å². The van der Waals surface area contributed by atoms with Crippen LogP contribution in [-0.2, 0) is 0 Å². The van der Waals surface area contributed by atoms with Gasteiger partial charge in [0.1, 0.15) is 10.8 Å². The average Bonchev–Trinajstić information content (AvgIpc) is 2.82. The first-order valence-corrected chi connectivity index (χ1v) is 11.6. The van der Waals surface area contributed by atoms with Crippen LogP contribution < -0.4 is 15.5 Å². The Kier molecular flexibility index (Phi) is 7.12. The predicted octanol–water partition coefficient (Wildman–Crippen LogP) is 4.66. The highest BCUT2D eigenvalue weighted by Gasteiger charge is 2.24. The maximum Gasteiger partial charge on any atom is 0.288 e. The maximum atomic E-state index is 12.5. The Bertz CT molecular complexity index is 1210. The standard InChI is InChI=1S/C24H27ClN6O3/c1-30(2)22-17-6-3-4-8-19(17)28-24(29-22)27-16-12-10-15(11-13-16)14-26-23(32)18-7-5-9-20(21(18)25)31(33)34/h3-9,15-16H,10-14H2,1-2H3,(H,26,32)(H,27,28,29). The Morgan fingerprint density at radius 1 is 1.12 bits per heavy atom. The number of nitrogens with one attached hydrogen (secondary N) is 2. The molecule has 1 saturated carbocycles. The molecule has 1 aromatic heterocycles. The number of aromatic nitrogens is 2. The molecular weight excluding hydrogens is 456 g/mol. The lowest BCUT2D eigenvalue weighted by atomic mass is 9.86. The Hall–Kier alpha value is -3.46. The van der Waals surface area contributed by atoms with Crippen LogP contribution in [0.2, 0.25) is 5.02 Å². The van der Waals surface area contributed by atoms with Gasteiger partial charge in [0, 0.05) is 38.1 Å². The third-order valence-corrected chi connectivity index (χ3v) is 6.55. The highest BCUT2D eigenvalue weighted by molar-refractivity contribution is 6.35. The predicted molar refractivity (Wildman–Crippen MR) is 134 cm³/mol. The number of amides is 1. The van der Waals surface area contributed by atoms with Gasteiger partial charge in [-0.25, -0.2) is 4.98 Å². The second-order valence-corrected chi connectivity index (χ2v) is 9.13. The van der Waals surface area contributed by atoms with E-state index in [1.54, 1.807) is 0 Å². The zero-order chi connectivity index (χ0) is 24.2. The summed E-state index contributed by atoms with van der Waals surface area (Å²) in [6, 6.07) is 12.5. The molecule has 1 heterocycles. The molecule has 34 heavy (non-hydrogen) atoms. The van der Waals surface area contributed by atoms with Crippen molar-refractivity contribution < 1.29 is 9.72 Å². The van der Waals surface area contributed by atoms with Crippen LogP contribution in [0.3, 0.4) is 0 Å². The van der Waals surface area contributed by atoms with Crippen molar-refractivity contribution in [2.24, 2.45) is 5.92 Å². The molecule has 2 aromatic carbocycles. The number of rotatable bonds is 7. The van der Waals surface area contributed by atoms with Crippen LogP contribution in [0.25, 0.3) is 10.9 Å². The van der Waals surface area contributed by atoms with E-state index in [2.05, 4.69) is 15.6 Å². The topological polar surface area (TPSA) is 113 Å². The molecule has 1 aliphatic rings. The molecule has 4 rings (SSSR count). The Morgan fingerprint density at radius 2 is 1.85 bits per heavy atom. The molecule has 0 saturated heterocycles. The van der Waals surface area contributed by atoms with E-state index in [9.17, 15) is 14.9 Å². The number of para-hydroxylation sites is 1. The molecule has 1 aliphatic carbocycles. The minimum absolute atomic E-state index is 0.122. The summed E-state index contributed by atoms with van der Waals surface area (Å²) in [7, 11) is 3.94. The summed E-state index contributed by atoms with van der Waals surface area (Å²) in [5.41, 5.74) is 0.755. The summed E-state index contributed by atoms with van der Waals surface area (Å²) in [5.74, 6) is 1.44. The highest BCUT2D eigenvalue weighted by Crippen LogP contribution is 2.30. The average molecular weight is 483 g/mol. The SMILES string of the molecule is CN(C)c1nc(NC2CCC(CNC(=O)c3cccc([N+](=O)[O-])c3Cl)CC2)nc2ccccc12. The monoisotopic (exact) mass is 482 g/mol. The zero-order valence-corrected chi connectivity index (χ0v) is 19.9. The largest absolute Gasteiger partial charge is 0.362 e. The number of nitro benzene ring substituents is 1. The number of nitro groups is 1. The van der Waals surface area contributed by atoms with E-state index < -0.39 is 10.8 Å². The lowest BCUT2D eigenvalue weighted by Gasteiger charge is -2.29. The number of benzene rings is 2. The Labute approximate surface area is 202 Å². The molecule has 1 amide bonds. The van der Waals surface area contributed by atoms with E-state index in [4.69, 9.17) is 16.6 Å². The Morgan fingerprint density at radius 3 is 2.56 bits per heavy atom. The first kappa shape index (κ1) is 23.7. The van der Waals surface area contributed by atoms with E-state index in [0.29, 0.717) is 18.4 Å². The zero-order valence-electron chi connectivity index (χ0n) is 19.1. The molecule has 2 N–H and O–H groups in total. The summed E-state index contributed by atoms with van der Waals surface area (Å²) in [4.78, 5) is 34.4. The first-order valence-electron chi connectivity index (χ1n) is 11.2. The molecule has 0 spiro atoms. The fourth-order valence-electron chi connectivity index (χ4n) is 4.33. The van der Waals surface area contributed by atoms with Crippen LogP contribution in [0.4, 0.5) is 17.5 Å². The van der Waals surface area contributed by atoms with Crippen LogP contribution in [0.1, 0.15) is 36.0 Å². The summed E-state index contributed by atoms with van der Waals surface area (Å²) in [6.45, 7) is 0.502. The quantitative estimate of drug-likeness (QED) is 0.372. The second-order valence-electron chi connectivity index (χ2n) is 8.75. The summed E-state index contributed by atoms with van der Waals surface area (Å²) in [6.07, 6.45) is 3.75. The van der Waals surface area contributed by atoms with Gasteiger partial charge in [0.05, 0.1) is 16.0 Å². The second kappa shape index (κ2) is 10.2. The molecular formula is C24H27ClN6O3. The lowest BCUT2D eigenvalue weighted by molar-refractivity contribution is -0.384. The third-order valence-electron chi connectivity index (χ3n) is 6.16. The summed E-state index contributed by atoms with van der Waals surface area (Å²) < 4.78 is 0. The van der Waals surface area contributed by atoms with Crippen molar-refractivity contribution in [2.45, 2.75) is 31.7 Å². The molecule has 10 heteroatoms. The van der Waals surface area contributed by atoms with Crippen LogP contribution in [0.15, 0.2) is 42.5 Å². The van der Waals surface area contributed by atoms with Crippen molar-refractivity contribution in [3.63, 3.8) is 0 Å². The van der Waals surface area contributed by atoms with Crippen LogP contribution in [-0.4, -0.2) is 47.5 Å². The van der Waals surface area contributed by atoms with E-state index in [0.717, 1.165) is 42.4 Å². The van der Waals surface area contributed by atoms with Gasteiger partial charge >= 0.3 is 0 Å². The van der Waals surface area contributed by atoms with E-state index in [1.807, 2.05) is 43.3 Å². The number of carbonyl (C=O) groups excluding carboxylic acids is 1. The van der Waals surface area contributed by atoms with Gasteiger partial charge in [0.15, 0.2) is 0 Å². The van der Waals surface area contributed by atoms with Gasteiger partial charge in [-0.1, -0.05) is 29.8 Å². The molecule has 1 fully saturated rings. The number of hydrogen-bond acceptors (Lipinski definition) is 7. The van der Waals surface area contributed by atoms with Gasteiger partial charge in [0.2, 0.25) is 5.95 Å². The van der Waals surface area contributed by atoms with Crippen molar-refractivity contribution in [3.05, 3.63) is 63.2 Å². The van der Waals surface area contributed by atoms with E-state index in [1.165, 1.54) is 18.2 Å². The fraction of sp³-hybridized carbons (Fsp3) is 0.375. The number of nitrogens with zero attached hydrogens (tertiary/aromatic N) is 4. The van der Waals surface area contributed by atoms with Crippen molar-refractivity contribution in [2.75, 3.05) is 30.9 Å². The molecule has 0 atom stereocenters. The minimum atomic E-state index is -0.589. The lowest BCUT2D eigenvalue weighted by Crippen LogP contribution is -2.34. The first-order chi connectivity index (χ1) is 16.3. The van der Waals surface area contributed by atoms with Gasteiger partial charge in [-0.3, -0.25) is 14.9 Å². The van der Waals surface area contributed by atoms with Crippen molar-refractivity contribution in [1.82, 2.24) is 15.3 Å². The van der Waals surface area contributed by atoms with Gasteiger partial charge in [0.25, 0.3) is 11.6 Å². The van der Waals surface area contributed by atoms with Gasteiger partial charge in [-0.2, -0.15) is 4.98 Å². The van der Waals surface area contributed by atoms with Crippen molar-refractivity contribution in [3.8, 4) is 0 Å². The molecule has 9 nitrogen and oxygen atoms in total. The molecule has 0 aliphatic heterocycles. The van der Waals surface area contributed by atoms with E-state index in [-0.39, 0.29) is 22.3 Å². The maximum absolute atomic E-state index is 12.5. The fourth-order valence-corrected chi connectivity index (χ4v) is 4.61. The number of carbonyl (C=O) groups is 1. The number of hydrogen-bond donors (Lipinski definition) is 2. The van der Waals surface area contributed by atoms with Crippen LogP contribution in [0.5, 0.6) is 0 Å². The van der Waals surface area contributed by atoms with Gasteiger partial charge < -0.3 is 15.5 Å². The van der Waals surface area contributed by atoms with Crippen molar-refractivity contribution >= 4 is 45.9 Å². The number of fused-ring (bicyclic) bond motifs is 1. The summed E-state index contributed by atoms with van der Waals surface area (Å²) >= 11 is 6.06. The summed E-state index contributed by atoms with van der Waals surface area (Å²) in [5, 5.41) is 18.3. The number of halogens is 1. The van der Waals surface area contributed by atoms with Crippen LogP contribution in [0, 0.1) is 16.0 Å². The third kappa shape index (κ3) is 5.20. The van der Waals surface area contributed by atoms with Crippen LogP contribution >= 0.6 is 11.6 Å². The molecule has 0 radical (unpaired) electrons. The smallest absolute Gasteiger partial charge is 0.288 e. The van der Waals surface area contributed by atoms with Crippen molar-refractivity contribution in [1.29, 1.82) is 0 Å². The molecule has 0 bridgehead atoms. The highest BCUT2D eigenvalue weighted by atomic mass is 35.5. The van der Waals surface area contributed by atoms with E-state index >= 15 is 0 Å². The molecule has 3 aromatic rings. The Balaban J connectivity index is 1.33. The normalized spacial score (nSPS) is 17.9.